The Kier molecular flexibility index (Phi) is 6.79. The number of hydrogen-bond donors (Lipinski definition) is 0. The summed E-state index contributed by atoms with van der Waals surface area (Å²) in [5.74, 6) is 0. The molecule has 0 aromatic rings. The van der Waals surface area contributed by atoms with E-state index in [0.717, 1.165) is 19.5 Å². The molecule has 0 aromatic heterocycles. The predicted octanol–water partition coefficient (Wildman–Crippen LogP) is 2.41. The van der Waals surface area contributed by atoms with Gasteiger partial charge < -0.3 is 4.90 Å². The highest BCUT2D eigenvalue weighted by Crippen LogP contribution is 2.04. The van der Waals surface area contributed by atoms with E-state index in [1.54, 1.807) is 0 Å². The van der Waals surface area contributed by atoms with Gasteiger partial charge in [-0.2, -0.15) is 5.26 Å². The van der Waals surface area contributed by atoms with Gasteiger partial charge in [0.25, 0.3) is 0 Å². The highest BCUT2D eigenvalue weighted by Gasteiger charge is 2.08. The summed E-state index contributed by atoms with van der Waals surface area (Å²) in [5.41, 5.74) is 0. The van der Waals surface area contributed by atoms with Gasteiger partial charge in [0.05, 0.1) is 6.07 Å². The molecule has 12 heavy (non-hydrogen) atoms. The largest absolute Gasteiger partial charge is 0.301 e. The fourth-order valence-electron chi connectivity index (χ4n) is 1.31. The van der Waals surface area contributed by atoms with Gasteiger partial charge in [-0.25, -0.2) is 0 Å². The highest BCUT2D eigenvalue weighted by atomic mass is 15.1. The number of unbranched alkanes of at least 4 members (excludes halogenated alkanes) is 1. The lowest BCUT2D eigenvalue weighted by molar-refractivity contribution is 0.213. The van der Waals surface area contributed by atoms with Crippen molar-refractivity contribution in [3.63, 3.8) is 0 Å². The van der Waals surface area contributed by atoms with Gasteiger partial charge in [0.1, 0.15) is 0 Å². The lowest BCUT2D eigenvalue weighted by atomic mass is 10.2. The summed E-state index contributed by atoms with van der Waals surface area (Å²) in [4.78, 5) is 2.43. The Morgan fingerprint density at radius 2 is 2.08 bits per heavy atom. The van der Waals surface area contributed by atoms with Crippen LogP contribution in [-0.4, -0.2) is 24.0 Å². The van der Waals surface area contributed by atoms with Crippen molar-refractivity contribution < 1.29 is 0 Å². The second-order valence-corrected chi connectivity index (χ2v) is 3.15. The lowest BCUT2D eigenvalue weighted by Gasteiger charge is -2.26. The van der Waals surface area contributed by atoms with Crippen LogP contribution in [0.3, 0.4) is 0 Å². The van der Waals surface area contributed by atoms with E-state index in [9.17, 15) is 0 Å². The van der Waals surface area contributed by atoms with Crippen LogP contribution in [0, 0.1) is 11.3 Å². The number of nitriles is 1. The van der Waals surface area contributed by atoms with Gasteiger partial charge in [-0.3, -0.25) is 0 Å². The average Bonchev–Trinajstić information content (AvgIpc) is 2.11. The Balaban J connectivity index is 3.61. The minimum atomic E-state index is 0.661. The van der Waals surface area contributed by atoms with Crippen LogP contribution in [-0.2, 0) is 0 Å². The van der Waals surface area contributed by atoms with Crippen molar-refractivity contribution in [2.24, 2.45) is 0 Å². The van der Waals surface area contributed by atoms with Crippen LogP contribution in [0.1, 0.15) is 40.0 Å². The molecule has 0 radical (unpaired) electrons. The van der Waals surface area contributed by atoms with Gasteiger partial charge in [0, 0.05) is 12.5 Å². The Bertz CT molecular complexity index is 137. The first-order valence-electron chi connectivity index (χ1n) is 4.87. The van der Waals surface area contributed by atoms with Crippen LogP contribution < -0.4 is 0 Å². The summed E-state index contributed by atoms with van der Waals surface area (Å²) in [6, 6.07) is 2.84. The fraction of sp³-hybridized carbons (Fsp3) is 0.900. The van der Waals surface area contributed by atoms with Crippen LogP contribution >= 0.6 is 0 Å². The van der Waals surface area contributed by atoms with Gasteiger partial charge in [-0.1, -0.05) is 13.8 Å². The summed E-state index contributed by atoms with van der Waals surface area (Å²) in [7, 11) is 0. The first kappa shape index (κ1) is 11.4. The molecule has 0 rings (SSSR count). The van der Waals surface area contributed by atoms with Crippen LogP contribution in [0.5, 0.6) is 0 Å². The van der Waals surface area contributed by atoms with Crippen molar-refractivity contribution in [3.8, 4) is 6.07 Å². The molecule has 0 spiro atoms. The van der Waals surface area contributed by atoms with Gasteiger partial charge in [0.2, 0.25) is 0 Å². The maximum absolute atomic E-state index is 8.38. The summed E-state index contributed by atoms with van der Waals surface area (Å²) < 4.78 is 0. The van der Waals surface area contributed by atoms with Crippen molar-refractivity contribution in [2.45, 2.75) is 46.1 Å². The molecule has 0 saturated carbocycles. The molecular weight excluding hydrogens is 148 g/mol. The van der Waals surface area contributed by atoms with E-state index in [2.05, 4.69) is 31.7 Å². The van der Waals surface area contributed by atoms with E-state index in [-0.39, 0.29) is 0 Å². The topological polar surface area (TPSA) is 27.0 Å². The maximum Gasteiger partial charge on any atom is 0.0622 e. The Morgan fingerprint density at radius 3 is 2.50 bits per heavy atom. The normalized spacial score (nSPS) is 12.9. The van der Waals surface area contributed by atoms with E-state index in [0.29, 0.717) is 12.5 Å². The molecule has 0 fully saturated rings. The van der Waals surface area contributed by atoms with E-state index < -0.39 is 0 Å². The van der Waals surface area contributed by atoms with Gasteiger partial charge >= 0.3 is 0 Å². The third-order valence-electron chi connectivity index (χ3n) is 2.35. The molecule has 2 heteroatoms. The fourth-order valence-corrected chi connectivity index (χ4v) is 1.31. The Hall–Kier alpha value is -0.550. The van der Waals surface area contributed by atoms with E-state index in [1.807, 2.05) is 0 Å². The second-order valence-electron chi connectivity index (χ2n) is 3.15. The summed E-state index contributed by atoms with van der Waals surface area (Å²) in [6.45, 7) is 8.80. The molecule has 0 aliphatic rings. The van der Waals surface area contributed by atoms with Crippen LogP contribution in [0.15, 0.2) is 0 Å². The molecule has 1 unspecified atom stereocenters. The third kappa shape index (κ3) is 4.35. The smallest absolute Gasteiger partial charge is 0.0622 e. The van der Waals surface area contributed by atoms with Crippen LogP contribution in [0.2, 0.25) is 0 Å². The molecule has 0 amide bonds. The van der Waals surface area contributed by atoms with E-state index in [1.165, 1.54) is 6.42 Å². The summed E-state index contributed by atoms with van der Waals surface area (Å²) in [6.07, 6.45) is 2.89. The van der Waals surface area contributed by atoms with Crippen LogP contribution in [0.4, 0.5) is 0 Å². The minimum Gasteiger partial charge on any atom is -0.301 e. The average molecular weight is 168 g/mol. The van der Waals surface area contributed by atoms with Crippen molar-refractivity contribution in [1.82, 2.24) is 4.90 Å². The van der Waals surface area contributed by atoms with Crippen molar-refractivity contribution in [2.75, 3.05) is 13.1 Å². The van der Waals surface area contributed by atoms with Gasteiger partial charge in [-0.05, 0) is 32.9 Å². The SMILES string of the molecule is CCC(C)N(CC)CCCC#N. The number of nitrogens with zero attached hydrogens (tertiary/aromatic N) is 2. The second kappa shape index (κ2) is 7.12. The molecular formula is C10H20N2. The highest BCUT2D eigenvalue weighted by molar-refractivity contribution is 4.71. The molecule has 0 aliphatic carbocycles. The van der Waals surface area contributed by atoms with Crippen molar-refractivity contribution >= 4 is 0 Å². The molecule has 0 saturated heterocycles. The Labute approximate surface area is 76.2 Å². The van der Waals surface area contributed by atoms with E-state index in [4.69, 9.17) is 5.26 Å². The quantitative estimate of drug-likeness (QED) is 0.569. The maximum atomic E-state index is 8.38. The third-order valence-corrected chi connectivity index (χ3v) is 2.35. The zero-order valence-corrected chi connectivity index (χ0v) is 8.51. The molecule has 2 nitrogen and oxygen atoms in total. The monoisotopic (exact) mass is 168 g/mol. The number of hydrogen-bond acceptors (Lipinski definition) is 2. The first-order valence-corrected chi connectivity index (χ1v) is 4.87. The zero-order chi connectivity index (χ0) is 9.40. The van der Waals surface area contributed by atoms with Crippen LogP contribution in [0.25, 0.3) is 0 Å². The lowest BCUT2D eigenvalue weighted by Crippen LogP contribution is -2.33. The summed E-state index contributed by atoms with van der Waals surface area (Å²) >= 11 is 0. The predicted molar refractivity (Wildman–Crippen MR) is 51.8 cm³/mol. The molecule has 1 atom stereocenters. The van der Waals surface area contributed by atoms with Crippen molar-refractivity contribution in [1.29, 1.82) is 5.26 Å². The molecule has 0 N–H and O–H groups in total. The zero-order valence-electron chi connectivity index (χ0n) is 8.51. The van der Waals surface area contributed by atoms with Gasteiger partial charge in [0.15, 0.2) is 0 Å². The molecule has 0 aromatic carbocycles. The molecule has 70 valence electrons. The van der Waals surface area contributed by atoms with Crippen molar-refractivity contribution in [3.05, 3.63) is 0 Å². The Morgan fingerprint density at radius 1 is 1.42 bits per heavy atom. The first-order chi connectivity index (χ1) is 5.76. The molecule has 0 aliphatic heterocycles. The molecule has 0 heterocycles. The van der Waals surface area contributed by atoms with E-state index >= 15 is 0 Å². The summed E-state index contributed by atoms with van der Waals surface area (Å²) in [5, 5.41) is 8.38. The number of rotatable bonds is 6. The molecule has 0 bridgehead atoms. The van der Waals surface area contributed by atoms with Gasteiger partial charge in [-0.15, -0.1) is 0 Å². The standard InChI is InChI=1S/C10H20N2/c1-4-10(3)12(5-2)9-7-6-8-11/h10H,4-7,9H2,1-3H3. The minimum absolute atomic E-state index is 0.661.